The van der Waals surface area contributed by atoms with Gasteiger partial charge in [-0.25, -0.2) is 0 Å². The number of benzene rings is 4. The maximum Gasteiger partial charge on any atom is 0.266 e. The van der Waals surface area contributed by atoms with Gasteiger partial charge in [-0.2, -0.15) is 4.98 Å². The minimum Gasteiger partial charge on any atom is -0.436 e. The summed E-state index contributed by atoms with van der Waals surface area (Å²) in [4.78, 5) is 30.5. The number of hydrogen-bond donors (Lipinski definition) is 0. The van der Waals surface area contributed by atoms with E-state index in [0.29, 0.717) is 34.1 Å². The van der Waals surface area contributed by atoms with Crippen molar-refractivity contribution in [2.75, 3.05) is 0 Å². The Kier molecular flexibility index (Phi) is 3.79. The first-order valence-electron chi connectivity index (χ1n) is 10.9. The number of fused-ring (bicyclic) bond motifs is 4. The highest BCUT2D eigenvalue weighted by molar-refractivity contribution is 6.42. The van der Waals surface area contributed by atoms with Crippen LogP contribution in [-0.4, -0.2) is 16.6 Å². The average Bonchev–Trinajstić information content (AvgIpc) is 3.50. The molecule has 5 heteroatoms. The van der Waals surface area contributed by atoms with E-state index in [4.69, 9.17) is 8.83 Å². The Hall–Kier alpha value is -4.77. The van der Waals surface area contributed by atoms with Crippen molar-refractivity contribution in [1.29, 1.82) is 0 Å². The minimum atomic E-state index is -0.303. The quantitative estimate of drug-likeness (QED) is 0.217. The summed E-state index contributed by atoms with van der Waals surface area (Å²) in [5.74, 6) is 0.197. The Labute approximate surface area is 192 Å². The predicted octanol–water partition coefficient (Wildman–Crippen LogP) is 6.86. The fourth-order valence-corrected chi connectivity index (χ4v) is 4.63. The summed E-state index contributed by atoms with van der Waals surface area (Å²) in [5, 5.41) is 3.96. The molecule has 0 radical (unpaired) electrons. The van der Waals surface area contributed by atoms with Crippen LogP contribution in [-0.2, 0) is 0 Å². The molecule has 1 aliphatic carbocycles. The number of oxazole rings is 1. The van der Waals surface area contributed by atoms with Crippen LogP contribution in [0.15, 0.2) is 99.3 Å². The van der Waals surface area contributed by atoms with Crippen molar-refractivity contribution >= 4 is 50.5 Å². The number of ketones is 2. The van der Waals surface area contributed by atoms with Crippen molar-refractivity contribution in [3.05, 3.63) is 107 Å². The van der Waals surface area contributed by atoms with E-state index in [1.807, 2.05) is 66.7 Å². The average molecular weight is 441 g/mol. The largest absolute Gasteiger partial charge is 0.436 e. The van der Waals surface area contributed by atoms with Gasteiger partial charge < -0.3 is 8.83 Å². The van der Waals surface area contributed by atoms with E-state index in [1.165, 1.54) is 6.08 Å². The van der Waals surface area contributed by atoms with Crippen LogP contribution in [0.25, 0.3) is 50.4 Å². The van der Waals surface area contributed by atoms with E-state index in [1.54, 1.807) is 18.2 Å². The molecule has 6 aromatic rings. The Bertz CT molecular complexity index is 1760. The van der Waals surface area contributed by atoms with Gasteiger partial charge in [-0.05, 0) is 45.8 Å². The lowest BCUT2D eigenvalue weighted by molar-refractivity contribution is 0.0990. The zero-order chi connectivity index (χ0) is 22.8. The summed E-state index contributed by atoms with van der Waals surface area (Å²) in [6.45, 7) is 0. The number of allylic oxidation sites excluding steroid dienone is 1. The second kappa shape index (κ2) is 6.86. The van der Waals surface area contributed by atoms with Gasteiger partial charge in [0.05, 0.1) is 5.57 Å². The third-order valence-corrected chi connectivity index (χ3v) is 6.28. The highest BCUT2D eigenvalue weighted by atomic mass is 16.4. The third-order valence-electron chi connectivity index (χ3n) is 6.28. The van der Waals surface area contributed by atoms with E-state index >= 15 is 0 Å². The van der Waals surface area contributed by atoms with Gasteiger partial charge in [-0.15, -0.1) is 0 Å². The van der Waals surface area contributed by atoms with Crippen LogP contribution in [0.3, 0.4) is 0 Å². The van der Waals surface area contributed by atoms with Crippen LogP contribution < -0.4 is 0 Å². The predicted molar refractivity (Wildman–Crippen MR) is 130 cm³/mol. The second-order valence-corrected chi connectivity index (χ2v) is 8.33. The molecule has 0 aliphatic heterocycles. The van der Waals surface area contributed by atoms with Crippen molar-refractivity contribution in [2.24, 2.45) is 0 Å². The number of hydrogen-bond acceptors (Lipinski definition) is 5. The Morgan fingerprint density at radius 3 is 2.00 bits per heavy atom. The fourth-order valence-electron chi connectivity index (χ4n) is 4.63. The standard InChI is InChI=1S/C29H15NO4/c31-26-22-12-17-7-1-2-8-18(17)13-23(22)27(32)24(26)14-19-15-25-29(33-19)30-28(34-25)21-11-5-9-16-6-3-4-10-20(16)21/h1-15H. The molecule has 0 saturated carbocycles. The number of carbonyl (C=O) groups excluding carboxylic acids is 2. The lowest BCUT2D eigenvalue weighted by Gasteiger charge is -2.02. The minimum absolute atomic E-state index is 0.0796. The second-order valence-electron chi connectivity index (χ2n) is 8.33. The summed E-state index contributed by atoms with van der Waals surface area (Å²) in [5.41, 5.74) is 2.55. The normalized spacial score (nSPS) is 13.4. The maximum absolute atomic E-state index is 13.0. The van der Waals surface area contributed by atoms with Crippen molar-refractivity contribution in [1.82, 2.24) is 4.98 Å². The number of Topliss-reactive ketones (excluding diaryl/α,β-unsaturated/α-hetero) is 2. The number of furan rings is 1. The topological polar surface area (TPSA) is 73.3 Å². The van der Waals surface area contributed by atoms with Gasteiger partial charge in [-0.3, -0.25) is 9.59 Å². The van der Waals surface area contributed by atoms with E-state index in [2.05, 4.69) is 4.98 Å². The highest BCUT2D eigenvalue weighted by Crippen LogP contribution is 2.34. The molecule has 160 valence electrons. The van der Waals surface area contributed by atoms with Gasteiger partial charge in [0.25, 0.3) is 5.71 Å². The number of nitrogens with zero attached hydrogens (tertiary/aromatic N) is 1. The van der Waals surface area contributed by atoms with Crippen LogP contribution in [0.5, 0.6) is 0 Å². The number of carbonyl (C=O) groups is 2. The Morgan fingerprint density at radius 2 is 1.29 bits per heavy atom. The van der Waals surface area contributed by atoms with Gasteiger partial charge in [0, 0.05) is 22.8 Å². The fraction of sp³-hybridized carbons (Fsp3) is 0. The van der Waals surface area contributed by atoms with Crippen molar-refractivity contribution < 1.29 is 18.4 Å². The molecule has 0 N–H and O–H groups in total. The maximum atomic E-state index is 13.0. The molecule has 5 nitrogen and oxygen atoms in total. The van der Waals surface area contributed by atoms with Gasteiger partial charge in [0.1, 0.15) is 5.76 Å². The summed E-state index contributed by atoms with van der Waals surface area (Å²) >= 11 is 0. The van der Waals surface area contributed by atoms with Gasteiger partial charge in [0.2, 0.25) is 5.89 Å². The van der Waals surface area contributed by atoms with Gasteiger partial charge in [0.15, 0.2) is 17.1 Å². The molecule has 0 unspecified atom stereocenters. The molecule has 0 bridgehead atoms. The summed E-state index contributed by atoms with van der Waals surface area (Å²) in [6, 6.07) is 26.8. The monoisotopic (exact) mass is 441 g/mol. The van der Waals surface area contributed by atoms with Crippen molar-refractivity contribution in [3.63, 3.8) is 0 Å². The first kappa shape index (κ1) is 18.8. The van der Waals surface area contributed by atoms with Crippen LogP contribution >= 0.6 is 0 Å². The van der Waals surface area contributed by atoms with E-state index in [9.17, 15) is 9.59 Å². The molecule has 2 heterocycles. The van der Waals surface area contributed by atoms with Gasteiger partial charge >= 0.3 is 0 Å². The third kappa shape index (κ3) is 2.70. The molecule has 2 aromatic heterocycles. The Balaban J connectivity index is 1.28. The molecule has 4 aromatic carbocycles. The molecule has 1 aliphatic rings. The van der Waals surface area contributed by atoms with E-state index in [-0.39, 0.29) is 17.1 Å². The Morgan fingerprint density at radius 1 is 0.647 bits per heavy atom. The molecule has 0 spiro atoms. The van der Waals surface area contributed by atoms with Crippen LogP contribution in [0.2, 0.25) is 0 Å². The molecular weight excluding hydrogens is 426 g/mol. The molecule has 0 saturated heterocycles. The van der Waals surface area contributed by atoms with E-state index in [0.717, 1.165) is 27.1 Å². The lowest BCUT2D eigenvalue weighted by atomic mass is 10.0. The summed E-state index contributed by atoms with van der Waals surface area (Å²) in [6.07, 6.45) is 1.48. The van der Waals surface area contributed by atoms with Crippen LogP contribution in [0.4, 0.5) is 0 Å². The first-order chi connectivity index (χ1) is 16.7. The molecule has 34 heavy (non-hydrogen) atoms. The van der Waals surface area contributed by atoms with E-state index < -0.39 is 0 Å². The highest BCUT2D eigenvalue weighted by Gasteiger charge is 2.34. The molecular formula is C29H15NO4. The van der Waals surface area contributed by atoms with Gasteiger partial charge in [-0.1, -0.05) is 60.7 Å². The molecule has 0 atom stereocenters. The number of aromatic nitrogens is 1. The summed E-state index contributed by atoms with van der Waals surface area (Å²) in [7, 11) is 0. The smallest absolute Gasteiger partial charge is 0.266 e. The lowest BCUT2D eigenvalue weighted by Crippen LogP contribution is -1.99. The van der Waals surface area contributed by atoms with Crippen molar-refractivity contribution in [2.45, 2.75) is 0 Å². The zero-order valence-corrected chi connectivity index (χ0v) is 17.7. The molecule has 7 rings (SSSR count). The zero-order valence-electron chi connectivity index (χ0n) is 17.7. The van der Waals surface area contributed by atoms with Crippen LogP contribution in [0.1, 0.15) is 26.5 Å². The van der Waals surface area contributed by atoms with Crippen LogP contribution in [0, 0.1) is 0 Å². The summed E-state index contributed by atoms with van der Waals surface area (Å²) < 4.78 is 11.8. The molecule has 0 fully saturated rings. The number of rotatable bonds is 2. The molecule has 0 amide bonds. The SMILES string of the molecule is O=C1C(=Cc2cc3oc(-c4cccc5ccccc45)nc3o2)C(=O)c2cc3ccccc3cc21. The van der Waals surface area contributed by atoms with Crippen molar-refractivity contribution in [3.8, 4) is 11.5 Å². The first-order valence-corrected chi connectivity index (χ1v) is 10.9.